The Morgan fingerprint density at radius 1 is 1.10 bits per heavy atom. The van der Waals surface area contributed by atoms with E-state index < -0.39 is 0 Å². The highest BCUT2D eigenvalue weighted by Gasteiger charge is 2.38. The average molecular weight is 427 g/mol. The van der Waals surface area contributed by atoms with Gasteiger partial charge in [-0.25, -0.2) is 0 Å². The largest absolute Gasteiger partial charge is 0.490 e. The van der Waals surface area contributed by atoms with Crippen LogP contribution in [0.4, 0.5) is 11.4 Å². The number of ether oxygens (including phenoxy) is 1. The van der Waals surface area contributed by atoms with Crippen molar-refractivity contribution in [3.63, 3.8) is 0 Å². The van der Waals surface area contributed by atoms with E-state index in [-0.39, 0.29) is 16.9 Å². The SMILES string of the molecule is CC1(C)CC(CC(=O)c2ccc(N3CCOc4ccccc43)c(Cl)c2)CC(C)(C)N1. The second kappa shape index (κ2) is 7.90. The van der Waals surface area contributed by atoms with Gasteiger partial charge in [0.05, 0.1) is 22.9 Å². The Labute approximate surface area is 184 Å². The standard InChI is InChI=1S/C25H31ClN2O2/c1-24(2)15-17(16-25(3,4)27-24)13-22(29)18-9-10-20(19(26)14-18)28-11-12-30-23-8-6-5-7-21(23)28/h5-10,14,17,27H,11-13,15-16H2,1-4H3. The molecule has 0 radical (unpaired) electrons. The van der Waals surface area contributed by atoms with E-state index >= 15 is 0 Å². The van der Waals surface area contributed by atoms with Crippen molar-refractivity contribution in [2.24, 2.45) is 5.92 Å². The number of ketones is 1. The number of nitrogens with one attached hydrogen (secondary N) is 1. The first-order valence-electron chi connectivity index (χ1n) is 10.8. The molecule has 2 aliphatic heterocycles. The maximum Gasteiger partial charge on any atom is 0.163 e. The second-order valence-corrected chi connectivity index (χ2v) is 10.3. The van der Waals surface area contributed by atoms with E-state index in [1.165, 1.54) is 0 Å². The van der Waals surface area contributed by atoms with Crippen molar-refractivity contribution in [1.29, 1.82) is 0 Å². The molecule has 0 bridgehead atoms. The minimum Gasteiger partial charge on any atom is -0.490 e. The molecule has 1 fully saturated rings. The van der Waals surface area contributed by atoms with Gasteiger partial charge in [0.25, 0.3) is 0 Å². The number of hydrogen-bond acceptors (Lipinski definition) is 4. The minimum atomic E-state index is 0.0396. The van der Waals surface area contributed by atoms with Gasteiger partial charge < -0.3 is 15.0 Å². The highest BCUT2D eigenvalue weighted by Crippen LogP contribution is 2.40. The van der Waals surface area contributed by atoms with Gasteiger partial charge in [0.15, 0.2) is 5.78 Å². The van der Waals surface area contributed by atoms with Gasteiger partial charge >= 0.3 is 0 Å². The first kappa shape index (κ1) is 21.2. The van der Waals surface area contributed by atoms with Gasteiger partial charge in [-0.05, 0) is 76.8 Å². The van der Waals surface area contributed by atoms with Crippen molar-refractivity contribution in [2.75, 3.05) is 18.1 Å². The number of rotatable bonds is 4. The van der Waals surface area contributed by atoms with Crippen LogP contribution in [-0.2, 0) is 0 Å². The van der Waals surface area contributed by atoms with E-state index in [9.17, 15) is 4.79 Å². The zero-order valence-corrected chi connectivity index (χ0v) is 19.1. The predicted octanol–water partition coefficient (Wildman–Crippen LogP) is 6.00. The molecule has 2 heterocycles. The summed E-state index contributed by atoms with van der Waals surface area (Å²) in [6.07, 6.45) is 2.56. The zero-order chi connectivity index (χ0) is 21.5. The van der Waals surface area contributed by atoms with Crippen molar-refractivity contribution in [2.45, 2.75) is 58.0 Å². The first-order chi connectivity index (χ1) is 14.1. The maximum absolute atomic E-state index is 13.1. The molecular weight excluding hydrogens is 396 g/mol. The lowest BCUT2D eigenvalue weighted by atomic mass is 9.74. The van der Waals surface area contributed by atoms with Crippen molar-refractivity contribution in [3.05, 3.63) is 53.1 Å². The Hall–Kier alpha value is -2.04. The summed E-state index contributed by atoms with van der Waals surface area (Å²) in [7, 11) is 0. The minimum absolute atomic E-state index is 0.0396. The fraction of sp³-hybridized carbons (Fsp3) is 0.480. The quantitative estimate of drug-likeness (QED) is 0.608. The number of carbonyl (C=O) groups excluding carboxylic acids is 1. The summed E-state index contributed by atoms with van der Waals surface area (Å²) in [5.74, 6) is 1.40. The lowest BCUT2D eigenvalue weighted by molar-refractivity contribution is 0.0864. The number of piperidine rings is 1. The molecule has 0 aromatic heterocycles. The molecule has 1 N–H and O–H groups in total. The lowest BCUT2D eigenvalue weighted by Gasteiger charge is -2.46. The fourth-order valence-corrected chi connectivity index (χ4v) is 5.66. The smallest absolute Gasteiger partial charge is 0.163 e. The molecule has 0 spiro atoms. The Morgan fingerprint density at radius 3 is 2.50 bits per heavy atom. The van der Waals surface area contributed by atoms with E-state index in [0.29, 0.717) is 29.5 Å². The summed E-state index contributed by atoms with van der Waals surface area (Å²) >= 11 is 6.66. The molecule has 0 unspecified atom stereocenters. The van der Waals surface area contributed by atoms with Crippen LogP contribution in [0.15, 0.2) is 42.5 Å². The third-order valence-corrected chi connectivity index (χ3v) is 6.34. The number of anilines is 2. The Morgan fingerprint density at radius 2 is 1.80 bits per heavy atom. The highest BCUT2D eigenvalue weighted by molar-refractivity contribution is 6.33. The molecule has 2 aromatic rings. The van der Waals surface area contributed by atoms with E-state index in [4.69, 9.17) is 16.3 Å². The number of nitrogens with zero attached hydrogens (tertiary/aromatic N) is 1. The molecule has 1 saturated heterocycles. The van der Waals surface area contributed by atoms with E-state index in [1.54, 1.807) is 0 Å². The monoisotopic (exact) mass is 426 g/mol. The molecule has 0 atom stereocenters. The van der Waals surface area contributed by atoms with Crippen LogP contribution >= 0.6 is 11.6 Å². The number of Topliss-reactive ketones (excluding diaryl/α,β-unsaturated/α-hetero) is 1. The number of benzene rings is 2. The van der Waals surface area contributed by atoms with Crippen LogP contribution < -0.4 is 15.0 Å². The molecule has 5 heteroatoms. The summed E-state index contributed by atoms with van der Waals surface area (Å²) in [5, 5.41) is 4.29. The number of halogens is 1. The average Bonchev–Trinajstić information content (AvgIpc) is 2.65. The van der Waals surface area contributed by atoms with E-state index in [2.05, 4.69) is 37.9 Å². The summed E-state index contributed by atoms with van der Waals surface area (Å²) in [4.78, 5) is 15.2. The van der Waals surface area contributed by atoms with Gasteiger partial charge in [-0.1, -0.05) is 23.7 Å². The number of para-hydroxylation sites is 2. The van der Waals surface area contributed by atoms with Crippen molar-refractivity contribution >= 4 is 28.8 Å². The number of fused-ring (bicyclic) bond motifs is 1. The molecule has 4 rings (SSSR count). The van der Waals surface area contributed by atoms with Crippen LogP contribution in [0.25, 0.3) is 0 Å². The van der Waals surface area contributed by atoms with Gasteiger partial charge in [-0.15, -0.1) is 0 Å². The molecule has 160 valence electrons. The van der Waals surface area contributed by atoms with Gasteiger partial charge in [0, 0.05) is 23.1 Å². The van der Waals surface area contributed by atoms with Crippen LogP contribution in [0.1, 0.15) is 57.3 Å². The lowest BCUT2D eigenvalue weighted by Crippen LogP contribution is -2.57. The zero-order valence-electron chi connectivity index (χ0n) is 18.3. The molecule has 0 aliphatic carbocycles. The van der Waals surface area contributed by atoms with Crippen LogP contribution in [0.5, 0.6) is 5.75 Å². The third kappa shape index (κ3) is 4.50. The Bertz CT molecular complexity index is 938. The van der Waals surface area contributed by atoms with Crippen molar-refractivity contribution < 1.29 is 9.53 Å². The molecule has 30 heavy (non-hydrogen) atoms. The van der Waals surface area contributed by atoms with E-state index in [0.717, 1.165) is 36.5 Å². The summed E-state index contributed by atoms with van der Waals surface area (Å²) < 4.78 is 5.75. The fourth-order valence-electron chi connectivity index (χ4n) is 5.38. The third-order valence-electron chi connectivity index (χ3n) is 6.04. The van der Waals surface area contributed by atoms with Crippen molar-refractivity contribution in [1.82, 2.24) is 5.32 Å². The van der Waals surface area contributed by atoms with Crippen LogP contribution in [0.3, 0.4) is 0 Å². The number of hydrogen-bond donors (Lipinski definition) is 1. The van der Waals surface area contributed by atoms with Gasteiger partial charge in [0.2, 0.25) is 0 Å². The molecule has 4 nitrogen and oxygen atoms in total. The van der Waals surface area contributed by atoms with Gasteiger partial charge in [-0.3, -0.25) is 4.79 Å². The molecule has 0 amide bonds. The summed E-state index contributed by atoms with van der Waals surface area (Å²) in [6, 6.07) is 13.7. The van der Waals surface area contributed by atoms with Crippen LogP contribution in [-0.4, -0.2) is 30.0 Å². The molecule has 2 aromatic carbocycles. The molecule has 0 saturated carbocycles. The van der Waals surface area contributed by atoms with Crippen LogP contribution in [0.2, 0.25) is 5.02 Å². The highest BCUT2D eigenvalue weighted by atomic mass is 35.5. The molecular formula is C25H31ClN2O2. The Balaban J connectivity index is 1.52. The molecule has 2 aliphatic rings. The second-order valence-electron chi connectivity index (χ2n) is 9.93. The summed E-state index contributed by atoms with van der Waals surface area (Å²) in [6.45, 7) is 10.2. The van der Waals surface area contributed by atoms with Gasteiger partial charge in [0.1, 0.15) is 12.4 Å². The number of carbonyl (C=O) groups is 1. The van der Waals surface area contributed by atoms with Crippen LogP contribution in [0, 0.1) is 5.92 Å². The summed E-state index contributed by atoms with van der Waals surface area (Å²) in [5.41, 5.74) is 2.69. The van der Waals surface area contributed by atoms with Crippen molar-refractivity contribution in [3.8, 4) is 5.75 Å². The predicted molar refractivity (Wildman–Crippen MR) is 123 cm³/mol. The Kier molecular flexibility index (Phi) is 5.58. The normalized spacial score (nSPS) is 20.4. The maximum atomic E-state index is 13.1. The van der Waals surface area contributed by atoms with E-state index in [1.807, 2.05) is 42.5 Å². The topological polar surface area (TPSA) is 41.6 Å². The first-order valence-corrected chi connectivity index (χ1v) is 11.1. The van der Waals surface area contributed by atoms with Gasteiger partial charge in [-0.2, -0.15) is 0 Å².